The third-order valence-electron chi connectivity index (χ3n) is 6.21. The lowest BCUT2D eigenvalue weighted by Gasteiger charge is -2.34. The molecule has 1 heterocycles. The number of aliphatic imine (C=N–C) groups is 1. The summed E-state index contributed by atoms with van der Waals surface area (Å²) < 4.78 is 17.0. The van der Waals surface area contributed by atoms with E-state index in [0.717, 1.165) is 29.7 Å². The number of hydrogen-bond donors (Lipinski definition) is 0. The number of carbonyl (C=O) groups is 2. The molecule has 2 aromatic carbocycles. The highest BCUT2D eigenvalue weighted by molar-refractivity contribution is 6.30. The average molecular weight is 482 g/mol. The predicted molar refractivity (Wildman–Crippen MR) is 131 cm³/mol. The van der Waals surface area contributed by atoms with Crippen molar-refractivity contribution in [3.63, 3.8) is 0 Å². The van der Waals surface area contributed by atoms with Crippen LogP contribution in [0.3, 0.4) is 0 Å². The molecular weight excluding hydrogens is 454 g/mol. The number of halogens is 1. The van der Waals surface area contributed by atoms with Crippen molar-refractivity contribution in [2.75, 3.05) is 13.7 Å². The van der Waals surface area contributed by atoms with Crippen LogP contribution in [0.5, 0.6) is 11.5 Å². The number of methoxy groups -OCH3 is 1. The molecule has 0 amide bonds. The standard InChI is InChI=1S/C27H28ClNO5/c1-4-33-27(31)24-16(2)29-20-9-6-10-21(30)26(20)25(24)18-11-12-22(23(14-18)32-3)34-15-17-7-5-8-19(28)13-17/h5,7-8,11-14,24-25H,4,6,9-10,15H2,1-3H3/t24?,25-/m1/s1. The summed E-state index contributed by atoms with van der Waals surface area (Å²) in [6.45, 7) is 4.18. The number of ketones is 1. The fraction of sp³-hybridized carbons (Fsp3) is 0.370. The lowest BCUT2D eigenvalue weighted by atomic mass is 9.71. The fourth-order valence-corrected chi connectivity index (χ4v) is 4.90. The van der Waals surface area contributed by atoms with Gasteiger partial charge in [0.25, 0.3) is 0 Å². The molecule has 6 nitrogen and oxygen atoms in total. The van der Waals surface area contributed by atoms with E-state index in [9.17, 15) is 9.59 Å². The number of Topliss-reactive ketones (excluding diaryl/α,β-unsaturated/α-hetero) is 1. The molecule has 1 unspecified atom stereocenters. The second kappa shape index (κ2) is 10.4. The van der Waals surface area contributed by atoms with Crippen molar-refractivity contribution in [1.82, 2.24) is 0 Å². The number of ether oxygens (including phenoxy) is 3. The molecule has 0 aromatic heterocycles. The van der Waals surface area contributed by atoms with Crippen molar-refractivity contribution >= 4 is 29.1 Å². The van der Waals surface area contributed by atoms with Crippen LogP contribution in [0, 0.1) is 5.92 Å². The first kappa shape index (κ1) is 24.0. The van der Waals surface area contributed by atoms with Crippen molar-refractivity contribution in [3.8, 4) is 11.5 Å². The monoisotopic (exact) mass is 481 g/mol. The van der Waals surface area contributed by atoms with Gasteiger partial charge in [0.15, 0.2) is 17.3 Å². The first-order valence-corrected chi connectivity index (χ1v) is 11.8. The van der Waals surface area contributed by atoms with Crippen molar-refractivity contribution in [1.29, 1.82) is 0 Å². The smallest absolute Gasteiger partial charge is 0.315 e. The van der Waals surface area contributed by atoms with Crippen LogP contribution in [-0.2, 0) is 20.9 Å². The van der Waals surface area contributed by atoms with Gasteiger partial charge < -0.3 is 14.2 Å². The van der Waals surface area contributed by atoms with Crippen LogP contribution >= 0.6 is 11.6 Å². The molecule has 178 valence electrons. The van der Waals surface area contributed by atoms with E-state index in [1.54, 1.807) is 14.0 Å². The molecule has 0 saturated heterocycles. The molecule has 34 heavy (non-hydrogen) atoms. The summed E-state index contributed by atoms with van der Waals surface area (Å²) in [5, 5.41) is 0.643. The van der Waals surface area contributed by atoms with Gasteiger partial charge in [-0.15, -0.1) is 0 Å². The minimum Gasteiger partial charge on any atom is -0.493 e. The Kier molecular flexibility index (Phi) is 7.37. The largest absolute Gasteiger partial charge is 0.493 e. The number of nitrogens with zero attached hydrogens (tertiary/aromatic N) is 1. The Hall–Kier alpha value is -3.12. The lowest BCUT2D eigenvalue weighted by Crippen LogP contribution is -2.37. The van der Waals surface area contributed by atoms with Crippen LogP contribution in [0.4, 0.5) is 0 Å². The predicted octanol–water partition coefficient (Wildman–Crippen LogP) is 5.67. The molecule has 0 fully saturated rings. The topological polar surface area (TPSA) is 74.2 Å². The van der Waals surface area contributed by atoms with E-state index < -0.39 is 11.8 Å². The van der Waals surface area contributed by atoms with Crippen molar-refractivity contribution in [2.24, 2.45) is 10.9 Å². The van der Waals surface area contributed by atoms with Crippen molar-refractivity contribution in [3.05, 3.63) is 69.9 Å². The maximum atomic E-state index is 13.0. The summed E-state index contributed by atoms with van der Waals surface area (Å²) in [5.74, 6) is -0.396. The average Bonchev–Trinajstić information content (AvgIpc) is 2.82. The van der Waals surface area contributed by atoms with Gasteiger partial charge in [0.05, 0.1) is 13.7 Å². The van der Waals surface area contributed by atoms with Crippen LogP contribution in [-0.4, -0.2) is 31.2 Å². The maximum Gasteiger partial charge on any atom is 0.315 e. The second-order valence-corrected chi connectivity index (χ2v) is 8.86. The Morgan fingerprint density at radius 2 is 1.97 bits per heavy atom. The zero-order chi connectivity index (χ0) is 24.2. The Morgan fingerprint density at radius 3 is 2.71 bits per heavy atom. The molecule has 0 saturated carbocycles. The van der Waals surface area contributed by atoms with E-state index in [1.165, 1.54) is 0 Å². The Morgan fingerprint density at radius 1 is 1.15 bits per heavy atom. The second-order valence-electron chi connectivity index (χ2n) is 8.43. The van der Waals surface area contributed by atoms with Crippen molar-refractivity contribution in [2.45, 2.75) is 45.6 Å². The third kappa shape index (κ3) is 4.87. The van der Waals surface area contributed by atoms with Crippen molar-refractivity contribution < 1.29 is 23.8 Å². The summed E-state index contributed by atoms with van der Waals surface area (Å²) in [5.41, 5.74) is 3.78. The van der Waals surface area contributed by atoms with Gasteiger partial charge in [-0.05, 0) is 62.1 Å². The molecule has 0 bridgehead atoms. The van der Waals surface area contributed by atoms with Crippen LogP contribution in [0.15, 0.2) is 58.7 Å². The van der Waals surface area contributed by atoms with E-state index in [-0.39, 0.29) is 18.4 Å². The summed E-state index contributed by atoms with van der Waals surface area (Å²) in [7, 11) is 1.57. The first-order chi connectivity index (χ1) is 16.4. The molecular formula is C27H28ClNO5. The first-order valence-electron chi connectivity index (χ1n) is 11.5. The quantitative estimate of drug-likeness (QED) is 0.476. The van der Waals surface area contributed by atoms with Crippen LogP contribution in [0.2, 0.25) is 5.02 Å². The summed E-state index contributed by atoms with van der Waals surface area (Å²) in [4.78, 5) is 30.6. The van der Waals surface area contributed by atoms with Gasteiger partial charge in [0.1, 0.15) is 12.5 Å². The number of esters is 1. The molecule has 7 heteroatoms. The van der Waals surface area contributed by atoms with E-state index in [1.807, 2.05) is 49.4 Å². The van der Waals surface area contributed by atoms with Gasteiger partial charge >= 0.3 is 5.97 Å². The zero-order valence-electron chi connectivity index (χ0n) is 19.6. The molecule has 0 spiro atoms. The Balaban J connectivity index is 1.70. The molecule has 4 rings (SSSR count). The van der Waals surface area contributed by atoms with Gasteiger partial charge in [0.2, 0.25) is 0 Å². The molecule has 1 aliphatic heterocycles. The van der Waals surface area contributed by atoms with Crippen LogP contribution in [0.1, 0.15) is 50.2 Å². The highest BCUT2D eigenvalue weighted by Gasteiger charge is 2.43. The lowest BCUT2D eigenvalue weighted by molar-refractivity contribution is -0.146. The fourth-order valence-electron chi connectivity index (χ4n) is 4.69. The number of benzene rings is 2. The third-order valence-corrected chi connectivity index (χ3v) is 6.44. The molecule has 1 aliphatic carbocycles. The zero-order valence-corrected chi connectivity index (χ0v) is 20.4. The normalized spacial score (nSPS) is 19.9. The number of rotatable bonds is 7. The van der Waals surface area contributed by atoms with Gasteiger partial charge in [-0.25, -0.2) is 0 Å². The van der Waals surface area contributed by atoms with E-state index >= 15 is 0 Å². The molecule has 2 atom stereocenters. The number of carbonyl (C=O) groups excluding carboxylic acids is 2. The summed E-state index contributed by atoms with van der Waals surface area (Å²) in [6.07, 6.45) is 1.95. The van der Waals surface area contributed by atoms with Gasteiger partial charge in [-0.1, -0.05) is 29.8 Å². The van der Waals surface area contributed by atoms with Crippen LogP contribution in [0.25, 0.3) is 0 Å². The summed E-state index contributed by atoms with van der Waals surface area (Å²) in [6, 6.07) is 13.0. The highest BCUT2D eigenvalue weighted by Crippen LogP contribution is 2.45. The van der Waals surface area contributed by atoms with Crippen LogP contribution < -0.4 is 9.47 Å². The highest BCUT2D eigenvalue weighted by atomic mass is 35.5. The van der Waals surface area contributed by atoms with Gasteiger partial charge in [0, 0.05) is 34.3 Å². The van der Waals surface area contributed by atoms with E-state index in [0.29, 0.717) is 40.8 Å². The molecule has 2 aromatic rings. The Bertz CT molecular complexity index is 1170. The number of hydrogen-bond acceptors (Lipinski definition) is 6. The minimum absolute atomic E-state index is 0.0389. The molecule has 2 aliphatic rings. The van der Waals surface area contributed by atoms with Gasteiger partial charge in [-0.2, -0.15) is 0 Å². The Labute approximate surface area is 204 Å². The maximum absolute atomic E-state index is 13.0. The molecule has 0 radical (unpaired) electrons. The minimum atomic E-state index is -0.663. The SMILES string of the molecule is CCOC(=O)C1C(C)=NC2=C(C(=O)CCC2)[C@@H]1c1ccc(OCc2cccc(Cl)c2)c(OC)c1. The van der Waals surface area contributed by atoms with E-state index in [2.05, 4.69) is 4.99 Å². The number of allylic oxidation sites excluding steroid dienone is 2. The van der Waals surface area contributed by atoms with E-state index in [4.69, 9.17) is 25.8 Å². The molecule has 0 N–H and O–H groups in total. The van der Waals surface area contributed by atoms with Gasteiger partial charge in [-0.3, -0.25) is 14.6 Å². The summed E-state index contributed by atoms with van der Waals surface area (Å²) >= 11 is 6.07.